The maximum Gasteiger partial charge on any atom is 0.307 e. The van der Waals surface area contributed by atoms with Crippen molar-refractivity contribution >= 4 is 11.9 Å². The molecule has 0 aliphatic rings. The van der Waals surface area contributed by atoms with Crippen LogP contribution in [0.25, 0.3) is 0 Å². The minimum absolute atomic E-state index is 0.0423. The van der Waals surface area contributed by atoms with Crippen LogP contribution in [0.4, 0.5) is 0 Å². The quantitative estimate of drug-likeness (QED) is 0.111. The summed E-state index contributed by atoms with van der Waals surface area (Å²) in [6, 6.07) is 0. The van der Waals surface area contributed by atoms with Crippen molar-refractivity contribution in [2.75, 3.05) is 6.61 Å². The first-order valence-corrected chi connectivity index (χ1v) is 12.2. The van der Waals surface area contributed by atoms with Crippen LogP contribution in [0.15, 0.2) is 24.8 Å². The van der Waals surface area contributed by atoms with Gasteiger partial charge in [-0.1, -0.05) is 108 Å². The third-order valence-corrected chi connectivity index (χ3v) is 5.53. The second-order valence-electron chi connectivity index (χ2n) is 8.31. The Morgan fingerprint density at radius 1 is 0.833 bits per heavy atom. The average Bonchev–Trinajstić information content (AvgIpc) is 2.73. The molecular weight excluding hydrogens is 376 g/mol. The zero-order valence-corrected chi connectivity index (χ0v) is 19.4. The number of carboxylic acids is 1. The van der Waals surface area contributed by atoms with Gasteiger partial charge in [0.25, 0.3) is 0 Å². The van der Waals surface area contributed by atoms with Gasteiger partial charge in [0, 0.05) is 0 Å². The molecule has 0 aromatic heterocycles. The van der Waals surface area contributed by atoms with E-state index in [1.165, 1.54) is 83.1 Å². The summed E-state index contributed by atoms with van der Waals surface area (Å²) in [7, 11) is 0. The van der Waals surface area contributed by atoms with Crippen LogP contribution in [0.1, 0.15) is 116 Å². The Morgan fingerprint density at radius 2 is 1.30 bits per heavy atom. The van der Waals surface area contributed by atoms with Crippen LogP contribution in [-0.2, 0) is 14.3 Å². The number of carboxylic acid groups (broad SMARTS) is 1. The molecule has 0 bridgehead atoms. The van der Waals surface area contributed by atoms with Gasteiger partial charge in [0.15, 0.2) is 0 Å². The molecule has 1 N–H and O–H groups in total. The van der Waals surface area contributed by atoms with Crippen molar-refractivity contribution in [2.24, 2.45) is 5.92 Å². The molecule has 0 rings (SSSR count). The van der Waals surface area contributed by atoms with Crippen LogP contribution in [-0.4, -0.2) is 23.7 Å². The van der Waals surface area contributed by atoms with Crippen LogP contribution in [0, 0.1) is 5.92 Å². The van der Waals surface area contributed by atoms with E-state index in [0.29, 0.717) is 6.42 Å². The Morgan fingerprint density at radius 3 is 1.73 bits per heavy atom. The Kier molecular flexibility index (Phi) is 20.9. The summed E-state index contributed by atoms with van der Waals surface area (Å²) in [4.78, 5) is 22.8. The van der Waals surface area contributed by atoms with Crippen molar-refractivity contribution in [2.45, 2.75) is 116 Å². The lowest BCUT2D eigenvalue weighted by Gasteiger charge is -2.11. The SMILES string of the molecule is C=CCOC(=O)CC(CCCCCCCCCCCCCCCC/C=C/C)C(=O)O. The van der Waals surface area contributed by atoms with Crippen LogP contribution in [0.3, 0.4) is 0 Å². The normalized spacial score (nSPS) is 12.2. The largest absolute Gasteiger partial charge is 0.481 e. The predicted molar refractivity (Wildman–Crippen MR) is 126 cm³/mol. The summed E-state index contributed by atoms with van der Waals surface area (Å²) in [6.07, 6.45) is 25.5. The highest BCUT2D eigenvalue weighted by molar-refractivity contribution is 5.78. The zero-order valence-electron chi connectivity index (χ0n) is 19.4. The summed E-state index contributed by atoms with van der Waals surface area (Å²) in [5, 5.41) is 9.25. The fraction of sp³-hybridized carbons (Fsp3) is 0.769. The summed E-state index contributed by atoms with van der Waals surface area (Å²) >= 11 is 0. The van der Waals surface area contributed by atoms with E-state index in [1.807, 2.05) is 0 Å². The van der Waals surface area contributed by atoms with E-state index in [4.69, 9.17) is 4.74 Å². The fourth-order valence-electron chi connectivity index (χ4n) is 3.67. The zero-order chi connectivity index (χ0) is 22.3. The number of carbonyl (C=O) groups excluding carboxylic acids is 1. The van der Waals surface area contributed by atoms with Crippen molar-refractivity contribution in [1.82, 2.24) is 0 Å². The van der Waals surface area contributed by atoms with Crippen molar-refractivity contribution in [1.29, 1.82) is 0 Å². The molecule has 4 heteroatoms. The van der Waals surface area contributed by atoms with E-state index in [0.717, 1.165) is 19.3 Å². The van der Waals surface area contributed by atoms with Gasteiger partial charge in [-0.2, -0.15) is 0 Å². The van der Waals surface area contributed by atoms with Crippen molar-refractivity contribution in [3.05, 3.63) is 24.8 Å². The predicted octanol–water partition coefficient (Wildman–Crippen LogP) is 7.62. The molecule has 30 heavy (non-hydrogen) atoms. The minimum Gasteiger partial charge on any atom is -0.481 e. The van der Waals surface area contributed by atoms with Crippen LogP contribution < -0.4 is 0 Å². The summed E-state index contributed by atoms with van der Waals surface area (Å²) in [5.41, 5.74) is 0. The molecule has 0 amide bonds. The van der Waals surface area contributed by atoms with E-state index < -0.39 is 17.9 Å². The van der Waals surface area contributed by atoms with Crippen LogP contribution in [0.2, 0.25) is 0 Å². The van der Waals surface area contributed by atoms with Gasteiger partial charge in [0.1, 0.15) is 6.61 Å². The molecule has 174 valence electrons. The molecule has 0 aliphatic carbocycles. The van der Waals surface area contributed by atoms with Gasteiger partial charge in [-0.15, -0.1) is 0 Å². The second kappa shape index (κ2) is 22.1. The summed E-state index contributed by atoms with van der Waals surface area (Å²) in [6.45, 7) is 5.71. The molecule has 1 atom stereocenters. The molecule has 0 radical (unpaired) electrons. The Bertz CT molecular complexity index is 456. The third kappa shape index (κ3) is 19.7. The number of aliphatic carboxylic acids is 1. The first kappa shape index (κ1) is 28.4. The topological polar surface area (TPSA) is 63.6 Å². The maximum atomic E-state index is 11.6. The molecule has 0 aromatic rings. The summed E-state index contributed by atoms with van der Waals surface area (Å²) in [5.74, 6) is -1.98. The third-order valence-electron chi connectivity index (χ3n) is 5.53. The summed E-state index contributed by atoms with van der Waals surface area (Å²) < 4.78 is 4.89. The van der Waals surface area contributed by atoms with Gasteiger partial charge >= 0.3 is 11.9 Å². The van der Waals surface area contributed by atoms with E-state index in [1.54, 1.807) is 0 Å². The lowest BCUT2D eigenvalue weighted by atomic mass is 9.97. The van der Waals surface area contributed by atoms with Crippen molar-refractivity contribution in [3.63, 3.8) is 0 Å². The van der Waals surface area contributed by atoms with Gasteiger partial charge in [0.05, 0.1) is 12.3 Å². The number of carbonyl (C=O) groups is 2. The highest BCUT2D eigenvalue weighted by Gasteiger charge is 2.21. The molecule has 0 spiro atoms. The van der Waals surface area contributed by atoms with E-state index in [2.05, 4.69) is 25.7 Å². The number of allylic oxidation sites excluding steroid dienone is 2. The molecule has 0 saturated heterocycles. The van der Waals surface area contributed by atoms with Crippen LogP contribution in [0.5, 0.6) is 0 Å². The molecule has 0 aromatic carbocycles. The highest BCUT2D eigenvalue weighted by atomic mass is 16.5. The molecule has 0 aliphatic heterocycles. The Hall–Kier alpha value is -1.58. The maximum absolute atomic E-state index is 11.6. The van der Waals surface area contributed by atoms with Crippen molar-refractivity contribution in [3.8, 4) is 0 Å². The molecule has 4 nitrogen and oxygen atoms in total. The second-order valence-corrected chi connectivity index (χ2v) is 8.31. The van der Waals surface area contributed by atoms with E-state index in [9.17, 15) is 14.7 Å². The minimum atomic E-state index is -0.904. The number of rotatable bonds is 22. The number of hydrogen-bond acceptors (Lipinski definition) is 3. The monoisotopic (exact) mass is 422 g/mol. The highest BCUT2D eigenvalue weighted by Crippen LogP contribution is 2.17. The molecule has 0 heterocycles. The number of hydrogen-bond donors (Lipinski definition) is 1. The van der Waals surface area contributed by atoms with E-state index in [-0.39, 0.29) is 13.0 Å². The first-order valence-electron chi connectivity index (χ1n) is 12.2. The van der Waals surface area contributed by atoms with Gasteiger partial charge in [-0.25, -0.2) is 0 Å². The van der Waals surface area contributed by atoms with Gasteiger partial charge in [0.2, 0.25) is 0 Å². The molecule has 0 saturated carbocycles. The molecule has 1 unspecified atom stereocenters. The Labute approximate surface area is 185 Å². The Balaban J connectivity index is 3.42. The molecular formula is C26H46O4. The van der Waals surface area contributed by atoms with Crippen molar-refractivity contribution < 1.29 is 19.4 Å². The smallest absolute Gasteiger partial charge is 0.307 e. The average molecular weight is 423 g/mol. The van der Waals surface area contributed by atoms with Gasteiger partial charge in [-0.05, 0) is 26.2 Å². The lowest BCUT2D eigenvalue weighted by Crippen LogP contribution is -2.19. The molecule has 0 fully saturated rings. The first-order chi connectivity index (χ1) is 14.6. The fourth-order valence-corrected chi connectivity index (χ4v) is 3.67. The number of unbranched alkanes of at least 4 members (excludes halogenated alkanes) is 14. The van der Waals surface area contributed by atoms with Crippen LogP contribution >= 0.6 is 0 Å². The number of ether oxygens (including phenoxy) is 1. The van der Waals surface area contributed by atoms with E-state index >= 15 is 0 Å². The lowest BCUT2D eigenvalue weighted by molar-refractivity contribution is -0.151. The van der Waals surface area contributed by atoms with Gasteiger partial charge < -0.3 is 9.84 Å². The standard InChI is InChI=1S/C26H46O4/c1-3-5-6-7-8-9-10-11-12-13-14-15-16-17-18-19-20-21-24(26(28)29)23-25(27)30-22-4-2/h3-5,24H,2,6-23H2,1H3,(H,28,29)/b5-3+. The van der Waals surface area contributed by atoms with Gasteiger partial charge in [-0.3, -0.25) is 9.59 Å². The number of esters is 1.